The standard InChI is InChI=1S/C45H44ClF3N2O5S.Na/c46-36-28-37-39(27-35(36)45(47,48)49)56-41(50(37)20-8-2-6-12-43(52)53)24-29-14-16-32-17-15-30(23-34(32)22-29)25-42-51(21-9-3-7-13-44(54)55)38-26-33(18-19-40(38)57-42)31-10-4-1-5-11-31;/h1,4-5,10-11,18-19,22-28,32H,2-3,6-9,12-17,20-21H2,(H-,52,53,54,55);/q;+1/p-1. The average molecular weight is 839 g/mol. The second-order valence-electron chi connectivity index (χ2n) is 14.9. The zero-order valence-electron chi connectivity index (χ0n) is 32.4. The van der Waals surface area contributed by atoms with Crippen molar-refractivity contribution in [3.63, 3.8) is 0 Å². The van der Waals surface area contributed by atoms with Crippen molar-refractivity contribution in [2.24, 2.45) is 5.92 Å². The molecule has 7 nitrogen and oxygen atoms in total. The summed E-state index contributed by atoms with van der Waals surface area (Å²) in [6.45, 7) is 1.17. The van der Waals surface area contributed by atoms with E-state index in [9.17, 15) is 33.0 Å². The summed E-state index contributed by atoms with van der Waals surface area (Å²) in [4.78, 5) is 23.8. The molecule has 0 spiro atoms. The Morgan fingerprint density at radius 1 is 0.879 bits per heavy atom. The van der Waals surface area contributed by atoms with Crippen LogP contribution in [0.15, 0.2) is 101 Å². The van der Waals surface area contributed by atoms with E-state index < -0.39 is 28.7 Å². The van der Waals surface area contributed by atoms with Crippen molar-refractivity contribution in [2.45, 2.75) is 89.8 Å². The molecule has 0 fully saturated rings. The fraction of sp³-hybridized carbons (Fsp3) is 0.356. The number of aryl methyl sites for hydroxylation is 1. The molecule has 2 aliphatic carbocycles. The monoisotopic (exact) mass is 838 g/mol. The molecule has 0 saturated carbocycles. The van der Waals surface area contributed by atoms with Crippen molar-refractivity contribution in [1.29, 1.82) is 0 Å². The molecule has 58 heavy (non-hydrogen) atoms. The van der Waals surface area contributed by atoms with E-state index in [4.69, 9.17) is 16.3 Å². The van der Waals surface area contributed by atoms with Crippen molar-refractivity contribution in [1.82, 2.24) is 0 Å². The van der Waals surface area contributed by atoms with Gasteiger partial charge in [0.15, 0.2) is 12.3 Å². The van der Waals surface area contributed by atoms with Gasteiger partial charge in [0.25, 0.3) is 5.01 Å². The number of ether oxygens (including phenoxy) is 1. The number of carboxylic acids is 2. The fourth-order valence-corrected chi connectivity index (χ4v) is 9.32. The first-order valence-corrected chi connectivity index (χ1v) is 20.7. The van der Waals surface area contributed by atoms with Crippen LogP contribution in [-0.2, 0) is 22.3 Å². The summed E-state index contributed by atoms with van der Waals surface area (Å²) in [5, 5.41) is 22.6. The molecule has 13 heteroatoms. The number of aromatic nitrogens is 1. The Balaban J connectivity index is 0.00000567. The number of rotatable bonds is 15. The summed E-state index contributed by atoms with van der Waals surface area (Å²) in [5.74, 6) is -1.25. The van der Waals surface area contributed by atoms with Crippen LogP contribution in [0.5, 0.6) is 5.75 Å². The third-order valence-electron chi connectivity index (χ3n) is 10.8. The molecule has 1 unspecified atom stereocenters. The predicted octanol–water partition coefficient (Wildman–Crippen LogP) is 6.33. The maximum Gasteiger partial charge on any atom is 1.00 e. The van der Waals surface area contributed by atoms with Gasteiger partial charge in [-0.2, -0.15) is 17.7 Å². The van der Waals surface area contributed by atoms with Gasteiger partial charge in [-0.3, -0.25) is 0 Å². The van der Waals surface area contributed by atoms with Crippen LogP contribution in [0, 0.1) is 5.92 Å². The van der Waals surface area contributed by atoms with E-state index in [-0.39, 0.29) is 48.1 Å². The molecule has 0 N–H and O–H groups in total. The number of carboxylic acid groups (broad SMARTS) is 2. The zero-order valence-corrected chi connectivity index (χ0v) is 36.0. The van der Waals surface area contributed by atoms with Crippen LogP contribution in [-0.4, -0.2) is 18.5 Å². The van der Waals surface area contributed by atoms with E-state index in [0.29, 0.717) is 49.7 Å². The summed E-state index contributed by atoms with van der Waals surface area (Å²) < 4.78 is 50.9. The van der Waals surface area contributed by atoms with Gasteiger partial charge in [-0.25, -0.2) is 0 Å². The minimum atomic E-state index is -4.64. The minimum absolute atomic E-state index is 0. The number of anilines is 1. The number of hydrogen-bond acceptors (Lipinski definition) is 7. The molecule has 0 amide bonds. The minimum Gasteiger partial charge on any atom is -0.550 e. The fourth-order valence-electron chi connectivity index (χ4n) is 7.91. The van der Waals surface area contributed by atoms with Crippen LogP contribution in [0.2, 0.25) is 5.02 Å². The maximum absolute atomic E-state index is 13.8. The number of carbonyl (C=O) groups excluding carboxylic acids is 2. The summed E-state index contributed by atoms with van der Waals surface area (Å²) in [7, 11) is 0. The molecule has 1 aromatic heterocycles. The normalized spacial score (nSPS) is 17.7. The number of fused-ring (bicyclic) bond motifs is 3. The number of halogens is 4. The average Bonchev–Trinajstić information content (AvgIpc) is 3.69. The summed E-state index contributed by atoms with van der Waals surface area (Å²) in [6, 6.07) is 19.1. The number of nitrogens with zero attached hydrogens (tertiary/aromatic N) is 2. The number of benzene rings is 3. The number of allylic oxidation sites excluding steroid dienone is 6. The van der Waals surface area contributed by atoms with E-state index in [1.807, 2.05) is 29.2 Å². The number of thiazole rings is 1. The van der Waals surface area contributed by atoms with Gasteiger partial charge in [0.05, 0.1) is 16.3 Å². The molecule has 1 aliphatic heterocycles. The van der Waals surface area contributed by atoms with Gasteiger partial charge < -0.3 is 29.4 Å². The van der Waals surface area contributed by atoms with Crippen molar-refractivity contribution in [3.05, 3.63) is 117 Å². The largest absolute Gasteiger partial charge is 1.00 e. The molecule has 7 rings (SSSR count). The quantitative estimate of drug-likeness (QED) is 0.0790. The zero-order chi connectivity index (χ0) is 40.1. The Morgan fingerprint density at radius 3 is 2.33 bits per heavy atom. The van der Waals surface area contributed by atoms with Gasteiger partial charge in [-0.1, -0.05) is 77.9 Å². The molecule has 4 aromatic rings. The van der Waals surface area contributed by atoms with Crippen molar-refractivity contribution < 1.29 is 71.8 Å². The maximum atomic E-state index is 13.8. The first-order chi connectivity index (χ1) is 27.4. The second kappa shape index (κ2) is 19.5. The number of carbonyl (C=O) groups is 2. The molecule has 3 aliphatic rings. The van der Waals surface area contributed by atoms with E-state index in [1.54, 1.807) is 11.3 Å². The Hall–Kier alpha value is -3.87. The second-order valence-corrected chi connectivity index (χ2v) is 16.4. The van der Waals surface area contributed by atoms with Gasteiger partial charge in [0.2, 0.25) is 11.4 Å². The van der Waals surface area contributed by atoms with Crippen LogP contribution in [0.25, 0.3) is 27.4 Å². The number of unbranched alkanes of at least 4 members (excludes halogenated alkanes) is 4. The molecule has 1 atom stereocenters. The summed E-state index contributed by atoms with van der Waals surface area (Å²) >= 11 is 7.88. The Labute approximate surface area is 367 Å². The molecule has 0 radical (unpaired) electrons. The van der Waals surface area contributed by atoms with Crippen LogP contribution in [0.4, 0.5) is 18.9 Å². The number of hydrogen-bond donors (Lipinski definition) is 0. The number of aliphatic carboxylic acids is 2. The van der Waals surface area contributed by atoms with E-state index >= 15 is 0 Å². The van der Waals surface area contributed by atoms with Gasteiger partial charge in [0, 0.05) is 43.1 Å². The van der Waals surface area contributed by atoms with Crippen molar-refractivity contribution >= 4 is 56.9 Å². The Bertz CT molecular complexity index is 2280. The summed E-state index contributed by atoms with van der Waals surface area (Å²) in [5.41, 5.74) is 6.33. The molecular formula is C45H43ClF3N2NaO5S. The first kappa shape index (κ1) is 43.7. The van der Waals surface area contributed by atoms with Crippen LogP contribution < -0.4 is 54.0 Å². The van der Waals surface area contributed by atoms with Crippen molar-refractivity contribution in [3.8, 4) is 16.9 Å². The third kappa shape index (κ3) is 10.6. The van der Waals surface area contributed by atoms with Gasteiger partial charge in [-0.15, -0.1) is 0 Å². The topological polar surface area (TPSA) is 96.6 Å². The van der Waals surface area contributed by atoms with Crippen LogP contribution in [0.1, 0.15) is 87.6 Å². The van der Waals surface area contributed by atoms with E-state index in [1.165, 1.54) is 21.9 Å². The van der Waals surface area contributed by atoms with Gasteiger partial charge in [0.1, 0.15) is 4.70 Å². The molecular weight excluding hydrogens is 796 g/mol. The van der Waals surface area contributed by atoms with Crippen LogP contribution in [0.3, 0.4) is 0 Å². The Kier molecular flexibility index (Phi) is 14.7. The van der Waals surface area contributed by atoms with Gasteiger partial charge in [-0.05, 0) is 116 Å². The molecule has 3 aromatic carbocycles. The first-order valence-electron chi connectivity index (χ1n) is 19.5. The van der Waals surface area contributed by atoms with E-state index in [0.717, 1.165) is 78.4 Å². The molecule has 2 heterocycles. The van der Waals surface area contributed by atoms with E-state index in [2.05, 4.69) is 53.1 Å². The molecule has 298 valence electrons. The predicted molar refractivity (Wildman–Crippen MR) is 213 cm³/mol. The van der Waals surface area contributed by atoms with Crippen molar-refractivity contribution in [2.75, 3.05) is 11.4 Å². The van der Waals surface area contributed by atoms with Crippen LogP contribution >= 0.6 is 22.9 Å². The third-order valence-corrected chi connectivity index (χ3v) is 12.3. The number of alkyl halides is 3. The SMILES string of the molecule is O=C([O-])CCCCCN1/C(=C/C2=CC3=C/C(=C/c4sc5ccc(-c6ccccc6)cc5[n+]4CCCCCC(=O)[O-])CCC3CC2)Oc2cc(C(F)(F)F)c(Cl)cc21.[Na+]. The molecule has 0 saturated heterocycles. The smallest absolute Gasteiger partial charge is 0.550 e. The summed E-state index contributed by atoms with van der Waals surface area (Å²) in [6.07, 6.45) is 11.5. The van der Waals surface area contributed by atoms with Gasteiger partial charge >= 0.3 is 35.7 Å². The molecule has 0 bridgehead atoms. The Morgan fingerprint density at radius 2 is 1.60 bits per heavy atom.